The first-order valence-corrected chi connectivity index (χ1v) is 8.45. The van der Waals surface area contributed by atoms with Crippen LogP contribution in [0.25, 0.3) is 22.1 Å². The minimum atomic E-state index is -0.688. The van der Waals surface area contributed by atoms with Gasteiger partial charge in [0.05, 0.1) is 29.3 Å². The molecule has 1 aliphatic carbocycles. The molecule has 0 fully saturated rings. The maximum absolute atomic E-state index is 10.4. The molecule has 124 valence electrons. The molecule has 1 heterocycles. The molecule has 0 spiro atoms. The Labute approximate surface area is 141 Å². The van der Waals surface area contributed by atoms with Crippen molar-refractivity contribution in [3.63, 3.8) is 0 Å². The average molecular weight is 322 g/mol. The Morgan fingerprint density at radius 2 is 1.83 bits per heavy atom. The summed E-state index contributed by atoms with van der Waals surface area (Å²) >= 11 is 0. The van der Waals surface area contributed by atoms with Gasteiger partial charge in [-0.3, -0.25) is 0 Å². The first-order chi connectivity index (χ1) is 11.5. The third-order valence-corrected chi connectivity index (χ3v) is 5.20. The van der Waals surface area contributed by atoms with E-state index < -0.39 is 5.60 Å². The van der Waals surface area contributed by atoms with Crippen molar-refractivity contribution in [2.75, 3.05) is 7.11 Å². The van der Waals surface area contributed by atoms with E-state index in [1.54, 1.807) is 7.11 Å². The van der Waals surface area contributed by atoms with Gasteiger partial charge in [0.1, 0.15) is 11.3 Å². The fraction of sp³-hybridized carbons (Fsp3) is 0.400. The van der Waals surface area contributed by atoms with Gasteiger partial charge in [0.2, 0.25) is 0 Å². The molecule has 4 heteroatoms. The van der Waals surface area contributed by atoms with Crippen molar-refractivity contribution in [2.45, 2.75) is 38.7 Å². The van der Waals surface area contributed by atoms with Gasteiger partial charge in [0, 0.05) is 5.56 Å². The van der Waals surface area contributed by atoms with Crippen LogP contribution < -0.4 is 4.74 Å². The SMILES string of the molecule is COc1c2c(cc3nc4ccccc4nc13)CC[C@@H](C(C)(C)O)C2. The number of ether oxygens (including phenoxy) is 1. The molecule has 0 saturated heterocycles. The summed E-state index contributed by atoms with van der Waals surface area (Å²) in [6.07, 6.45) is 2.73. The molecule has 1 N–H and O–H groups in total. The van der Waals surface area contributed by atoms with Gasteiger partial charge >= 0.3 is 0 Å². The number of para-hydroxylation sites is 2. The topological polar surface area (TPSA) is 55.2 Å². The largest absolute Gasteiger partial charge is 0.494 e. The van der Waals surface area contributed by atoms with Crippen molar-refractivity contribution in [1.82, 2.24) is 9.97 Å². The van der Waals surface area contributed by atoms with Crippen LogP contribution in [-0.2, 0) is 12.8 Å². The molecule has 24 heavy (non-hydrogen) atoms. The summed E-state index contributed by atoms with van der Waals surface area (Å²) < 4.78 is 5.75. The summed E-state index contributed by atoms with van der Waals surface area (Å²) in [7, 11) is 1.69. The van der Waals surface area contributed by atoms with Crippen LogP contribution in [0.1, 0.15) is 31.4 Å². The number of methoxy groups -OCH3 is 1. The van der Waals surface area contributed by atoms with Crippen LogP contribution >= 0.6 is 0 Å². The molecule has 0 saturated carbocycles. The Morgan fingerprint density at radius 1 is 1.12 bits per heavy atom. The fourth-order valence-corrected chi connectivity index (χ4v) is 3.77. The number of rotatable bonds is 2. The maximum atomic E-state index is 10.4. The number of fused-ring (bicyclic) bond motifs is 3. The Morgan fingerprint density at radius 3 is 2.50 bits per heavy atom. The van der Waals surface area contributed by atoms with E-state index in [1.807, 2.05) is 38.1 Å². The molecule has 1 aromatic heterocycles. The standard InChI is InChI=1S/C20H22N2O2/c1-20(2,23)13-9-8-12-10-17-18(19(24-3)14(12)11-13)22-16-7-5-4-6-15(16)21-17/h4-7,10,13,23H,8-9,11H2,1-3H3/t13-/m1/s1. The van der Waals surface area contributed by atoms with E-state index in [9.17, 15) is 5.11 Å². The minimum Gasteiger partial charge on any atom is -0.494 e. The first kappa shape index (κ1) is 15.3. The zero-order valence-corrected chi connectivity index (χ0v) is 14.3. The second-order valence-corrected chi connectivity index (χ2v) is 7.22. The smallest absolute Gasteiger partial charge is 0.150 e. The van der Waals surface area contributed by atoms with Crippen LogP contribution in [-0.4, -0.2) is 27.8 Å². The van der Waals surface area contributed by atoms with Crippen molar-refractivity contribution >= 4 is 22.1 Å². The maximum Gasteiger partial charge on any atom is 0.150 e. The van der Waals surface area contributed by atoms with Crippen LogP contribution in [0.4, 0.5) is 0 Å². The van der Waals surface area contributed by atoms with Crippen LogP contribution in [0.15, 0.2) is 30.3 Å². The number of aryl methyl sites for hydroxylation is 1. The third kappa shape index (κ3) is 2.42. The monoisotopic (exact) mass is 322 g/mol. The summed E-state index contributed by atoms with van der Waals surface area (Å²) in [5, 5.41) is 10.4. The van der Waals surface area contributed by atoms with Gasteiger partial charge < -0.3 is 9.84 Å². The molecule has 0 aliphatic heterocycles. The lowest BCUT2D eigenvalue weighted by Crippen LogP contribution is -2.35. The Kier molecular flexibility index (Phi) is 3.46. The molecular weight excluding hydrogens is 300 g/mol. The van der Waals surface area contributed by atoms with Gasteiger partial charge in [-0.25, -0.2) is 9.97 Å². The van der Waals surface area contributed by atoms with Crippen LogP contribution in [0.3, 0.4) is 0 Å². The number of benzene rings is 2. The van der Waals surface area contributed by atoms with Gasteiger partial charge in [-0.05, 0) is 62.8 Å². The highest BCUT2D eigenvalue weighted by Gasteiger charge is 2.32. The third-order valence-electron chi connectivity index (χ3n) is 5.20. The first-order valence-electron chi connectivity index (χ1n) is 8.45. The van der Waals surface area contributed by atoms with Crippen molar-refractivity contribution in [2.24, 2.45) is 5.92 Å². The van der Waals surface area contributed by atoms with E-state index in [1.165, 1.54) is 11.1 Å². The summed E-state index contributed by atoms with van der Waals surface area (Å²) in [4.78, 5) is 9.56. The highest BCUT2D eigenvalue weighted by atomic mass is 16.5. The number of aliphatic hydroxyl groups is 1. The molecule has 0 radical (unpaired) electrons. The minimum absolute atomic E-state index is 0.227. The second kappa shape index (κ2) is 5.42. The van der Waals surface area contributed by atoms with Crippen LogP contribution in [0.5, 0.6) is 5.75 Å². The lowest BCUT2D eigenvalue weighted by atomic mass is 9.75. The number of hydrogen-bond acceptors (Lipinski definition) is 4. The van der Waals surface area contributed by atoms with E-state index in [0.717, 1.165) is 47.1 Å². The van der Waals surface area contributed by atoms with E-state index in [2.05, 4.69) is 6.07 Å². The van der Waals surface area contributed by atoms with Crippen molar-refractivity contribution < 1.29 is 9.84 Å². The summed E-state index contributed by atoms with van der Waals surface area (Å²) in [5.41, 5.74) is 5.22. The summed E-state index contributed by atoms with van der Waals surface area (Å²) in [6.45, 7) is 3.78. The molecule has 0 amide bonds. The summed E-state index contributed by atoms with van der Waals surface area (Å²) in [5.74, 6) is 1.04. The quantitative estimate of drug-likeness (QED) is 0.732. The fourth-order valence-electron chi connectivity index (χ4n) is 3.77. The van der Waals surface area contributed by atoms with E-state index in [0.29, 0.717) is 0 Å². The highest BCUT2D eigenvalue weighted by Crippen LogP contribution is 2.40. The van der Waals surface area contributed by atoms with Gasteiger partial charge in [0.15, 0.2) is 0 Å². The second-order valence-electron chi connectivity index (χ2n) is 7.22. The van der Waals surface area contributed by atoms with Gasteiger partial charge in [-0.2, -0.15) is 0 Å². The van der Waals surface area contributed by atoms with Gasteiger partial charge in [-0.15, -0.1) is 0 Å². The predicted octanol–water partition coefficient (Wildman–Crippen LogP) is 3.67. The van der Waals surface area contributed by atoms with Crippen LogP contribution in [0.2, 0.25) is 0 Å². The molecule has 4 nitrogen and oxygen atoms in total. The lowest BCUT2D eigenvalue weighted by molar-refractivity contribution is 0.0108. The molecule has 0 unspecified atom stereocenters. The molecule has 3 aromatic rings. The molecular formula is C20H22N2O2. The average Bonchev–Trinajstić information content (AvgIpc) is 2.56. The molecule has 1 atom stereocenters. The number of nitrogens with zero attached hydrogens (tertiary/aromatic N) is 2. The molecule has 4 rings (SSSR count). The normalized spacial score (nSPS) is 17.9. The molecule has 0 bridgehead atoms. The molecule has 1 aliphatic rings. The zero-order valence-electron chi connectivity index (χ0n) is 14.3. The van der Waals surface area contributed by atoms with E-state index >= 15 is 0 Å². The Balaban J connectivity index is 1.95. The van der Waals surface area contributed by atoms with E-state index in [4.69, 9.17) is 14.7 Å². The Hall–Kier alpha value is -2.20. The zero-order chi connectivity index (χ0) is 16.9. The van der Waals surface area contributed by atoms with E-state index in [-0.39, 0.29) is 5.92 Å². The van der Waals surface area contributed by atoms with Gasteiger partial charge in [-0.1, -0.05) is 12.1 Å². The Bertz CT molecular complexity index is 928. The van der Waals surface area contributed by atoms with Gasteiger partial charge in [0.25, 0.3) is 0 Å². The lowest BCUT2D eigenvalue weighted by Gasteiger charge is -2.34. The highest BCUT2D eigenvalue weighted by molar-refractivity contribution is 5.91. The summed E-state index contributed by atoms with van der Waals surface area (Å²) in [6, 6.07) is 10.1. The number of hydrogen-bond donors (Lipinski definition) is 1. The number of aromatic nitrogens is 2. The van der Waals surface area contributed by atoms with Crippen molar-refractivity contribution in [3.05, 3.63) is 41.5 Å². The van der Waals surface area contributed by atoms with Crippen molar-refractivity contribution in [3.8, 4) is 5.75 Å². The molecule has 2 aromatic carbocycles. The van der Waals surface area contributed by atoms with Crippen molar-refractivity contribution in [1.29, 1.82) is 0 Å². The predicted molar refractivity (Wildman–Crippen MR) is 95.4 cm³/mol. The van der Waals surface area contributed by atoms with Crippen LogP contribution in [0, 0.1) is 5.92 Å².